The maximum Gasteiger partial charge on any atom is 0.0485 e. The van der Waals surface area contributed by atoms with E-state index in [1.807, 2.05) is 36.5 Å². The van der Waals surface area contributed by atoms with Crippen LogP contribution in [0.1, 0.15) is 27.9 Å². The molecule has 1 nitrogen and oxygen atoms in total. The second kappa shape index (κ2) is 6.43. The van der Waals surface area contributed by atoms with Crippen LogP contribution in [0.3, 0.4) is 0 Å². The normalized spacial score (nSPS) is 14.8. The number of hydrogen-bond donors (Lipinski definition) is 0. The number of halogens is 2. The third kappa shape index (κ3) is 2.98. The van der Waals surface area contributed by atoms with Crippen LogP contribution in [0.2, 0.25) is 10.0 Å². The van der Waals surface area contributed by atoms with Crippen molar-refractivity contribution >= 4 is 34.9 Å². The van der Waals surface area contributed by atoms with E-state index in [2.05, 4.69) is 35.3 Å². The van der Waals surface area contributed by atoms with E-state index in [-0.39, 0.29) is 0 Å². The fourth-order valence-corrected chi connectivity index (χ4v) is 3.62. The second-order valence-corrected chi connectivity index (χ2v) is 6.79. The predicted octanol–water partition coefficient (Wildman–Crippen LogP) is 6.08. The van der Waals surface area contributed by atoms with Crippen LogP contribution in [0, 0.1) is 0 Å². The zero-order valence-corrected chi connectivity index (χ0v) is 14.5. The zero-order chi connectivity index (χ0) is 16.5. The van der Waals surface area contributed by atoms with Crippen LogP contribution < -0.4 is 0 Å². The van der Waals surface area contributed by atoms with Crippen molar-refractivity contribution in [1.29, 1.82) is 0 Å². The molecule has 1 heterocycles. The lowest BCUT2D eigenvalue weighted by molar-refractivity contribution is 0.918. The molecule has 3 aromatic rings. The predicted molar refractivity (Wildman–Crippen MR) is 102 cm³/mol. The molecule has 0 saturated carbocycles. The van der Waals surface area contributed by atoms with Crippen LogP contribution in [-0.2, 0) is 12.8 Å². The van der Waals surface area contributed by atoms with Crippen molar-refractivity contribution in [3.63, 3.8) is 0 Å². The first-order chi connectivity index (χ1) is 11.7. The highest BCUT2D eigenvalue weighted by atomic mass is 35.5. The van der Waals surface area contributed by atoms with Crippen LogP contribution >= 0.6 is 23.2 Å². The van der Waals surface area contributed by atoms with Crippen LogP contribution in [0.4, 0.5) is 0 Å². The van der Waals surface area contributed by atoms with Crippen LogP contribution in [-0.4, -0.2) is 4.98 Å². The summed E-state index contributed by atoms with van der Waals surface area (Å²) in [5, 5.41) is 1.51. The molecule has 3 heteroatoms. The molecule has 118 valence electrons. The molecule has 0 fully saturated rings. The summed E-state index contributed by atoms with van der Waals surface area (Å²) in [6.07, 6.45) is 5.90. The van der Waals surface area contributed by atoms with Gasteiger partial charge in [0.2, 0.25) is 0 Å². The topological polar surface area (TPSA) is 12.9 Å². The minimum absolute atomic E-state index is 0.737. The maximum absolute atomic E-state index is 6.22. The van der Waals surface area contributed by atoms with Gasteiger partial charge >= 0.3 is 0 Å². The quantitative estimate of drug-likeness (QED) is 0.517. The molecule has 1 aliphatic rings. The summed E-state index contributed by atoms with van der Waals surface area (Å²) >= 11 is 12.4. The first kappa shape index (κ1) is 15.4. The van der Waals surface area contributed by atoms with Gasteiger partial charge in [-0.25, -0.2) is 0 Å². The third-order valence-electron chi connectivity index (χ3n) is 4.33. The van der Waals surface area contributed by atoms with Gasteiger partial charge in [-0.1, -0.05) is 47.5 Å². The molecular weight excluding hydrogens is 337 g/mol. The highest BCUT2D eigenvalue weighted by molar-refractivity contribution is 6.31. The molecule has 0 atom stereocenters. The Morgan fingerprint density at radius 2 is 1.71 bits per heavy atom. The number of benzene rings is 2. The summed E-state index contributed by atoms with van der Waals surface area (Å²) in [4.78, 5) is 4.59. The molecule has 0 N–H and O–H groups in total. The SMILES string of the molecule is Clc1cccc(/C=C2/c3ccc(Cl)cc3CCc3ncccc32)c1. The van der Waals surface area contributed by atoms with Gasteiger partial charge in [-0.15, -0.1) is 0 Å². The second-order valence-electron chi connectivity index (χ2n) is 5.91. The van der Waals surface area contributed by atoms with Gasteiger partial charge in [0.1, 0.15) is 0 Å². The van der Waals surface area contributed by atoms with Gasteiger partial charge in [0.15, 0.2) is 0 Å². The number of nitrogens with zero attached hydrogens (tertiary/aromatic N) is 1. The van der Waals surface area contributed by atoms with Crippen molar-refractivity contribution in [2.75, 3.05) is 0 Å². The minimum atomic E-state index is 0.737. The largest absolute Gasteiger partial charge is 0.261 e. The lowest BCUT2D eigenvalue weighted by atomic mass is 9.93. The average molecular weight is 352 g/mol. The Kier molecular flexibility index (Phi) is 4.13. The summed E-state index contributed by atoms with van der Waals surface area (Å²) in [6.45, 7) is 0. The molecule has 2 aromatic carbocycles. The Balaban J connectivity index is 1.97. The van der Waals surface area contributed by atoms with Gasteiger partial charge in [0.05, 0.1) is 0 Å². The summed E-state index contributed by atoms with van der Waals surface area (Å²) in [7, 11) is 0. The van der Waals surface area contributed by atoms with Gasteiger partial charge in [-0.2, -0.15) is 0 Å². The lowest BCUT2D eigenvalue weighted by Crippen LogP contribution is -1.95. The molecule has 0 saturated heterocycles. The molecule has 24 heavy (non-hydrogen) atoms. The molecule has 0 unspecified atom stereocenters. The van der Waals surface area contributed by atoms with E-state index in [0.29, 0.717) is 0 Å². The van der Waals surface area contributed by atoms with E-state index in [1.54, 1.807) is 0 Å². The fourth-order valence-electron chi connectivity index (χ4n) is 3.23. The molecule has 0 amide bonds. The highest BCUT2D eigenvalue weighted by Crippen LogP contribution is 2.35. The summed E-state index contributed by atoms with van der Waals surface area (Å²) in [6, 6.07) is 18.2. The van der Waals surface area contributed by atoms with Gasteiger partial charge in [-0.05, 0) is 71.5 Å². The van der Waals surface area contributed by atoms with Gasteiger partial charge in [-0.3, -0.25) is 4.98 Å². The van der Waals surface area contributed by atoms with Crippen molar-refractivity contribution in [1.82, 2.24) is 4.98 Å². The van der Waals surface area contributed by atoms with Crippen molar-refractivity contribution in [3.8, 4) is 0 Å². The van der Waals surface area contributed by atoms with Gasteiger partial charge in [0, 0.05) is 27.5 Å². The lowest BCUT2D eigenvalue weighted by Gasteiger charge is -2.12. The first-order valence-electron chi connectivity index (χ1n) is 7.91. The zero-order valence-electron chi connectivity index (χ0n) is 13.0. The smallest absolute Gasteiger partial charge is 0.0485 e. The first-order valence-corrected chi connectivity index (χ1v) is 8.66. The van der Waals surface area contributed by atoms with Crippen LogP contribution in [0.25, 0.3) is 11.6 Å². The Hall–Kier alpha value is -2.09. The number of fused-ring (bicyclic) bond motifs is 2. The average Bonchev–Trinajstić information content (AvgIpc) is 2.73. The Bertz CT molecular complexity index is 944. The summed E-state index contributed by atoms with van der Waals surface area (Å²) in [5.74, 6) is 0. The van der Waals surface area contributed by atoms with Crippen molar-refractivity contribution < 1.29 is 0 Å². The van der Waals surface area contributed by atoms with Gasteiger partial charge < -0.3 is 0 Å². The van der Waals surface area contributed by atoms with Crippen molar-refractivity contribution in [3.05, 3.63) is 98.8 Å². The van der Waals surface area contributed by atoms with Crippen LogP contribution in [0.5, 0.6) is 0 Å². The summed E-state index contributed by atoms with van der Waals surface area (Å²) < 4.78 is 0. The highest BCUT2D eigenvalue weighted by Gasteiger charge is 2.19. The Labute approximate surface area is 151 Å². The van der Waals surface area contributed by atoms with E-state index >= 15 is 0 Å². The monoisotopic (exact) mass is 351 g/mol. The van der Waals surface area contributed by atoms with E-state index in [9.17, 15) is 0 Å². The van der Waals surface area contributed by atoms with E-state index < -0.39 is 0 Å². The minimum Gasteiger partial charge on any atom is -0.261 e. The van der Waals surface area contributed by atoms with Crippen molar-refractivity contribution in [2.45, 2.75) is 12.8 Å². The fraction of sp³-hybridized carbons (Fsp3) is 0.0952. The molecule has 0 spiro atoms. The molecule has 1 aromatic heterocycles. The molecular formula is C21H15Cl2N. The number of pyridine rings is 1. The molecule has 4 rings (SSSR count). The maximum atomic E-state index is 6.22. The number of aryl methyl sites for hydroxylation is 2. The molecule has 0 bridgehead atoms. The van der Waals surface area contributed by atoms with Crippen molar-refractivity contribution in [2.24, 2.45) is 0 Å². The van der Waals surface area contributed by atoms with E-state index in [1.165, 1.54) is 22.3 Å². The number of hydrogen-bond acceptors (Lipinski definition) is 1. The number of rotatable bonds is 1. The van der Waals surface area contributed by atoms with E-state index in [4.69, 9.17) is 23.2 Å². The molecule has 0 aliphatic heterocycles. The van der Waals surface area contributed by atoms with Gasteiger partial charge in [0.25, 0.3) is 0 Å². The summed E-state index contributed by atoms with van der Waals surface area (Å²) in [5.41, 5.74) is 7.02. The number of aromatic nitrogens is 1. The molecule has 1 aliphatic carbocycles. The molecule has 0 radical (unpaired) electrons. The Morgan fingerprint density at radius 3 is 2.58 bits per heavy atom. The van der Waals surface area contributed by atoms with E-state index in [0.717, 1.165) is 34.1 Å². The third-order valence-corrected chi connectivity index (χ3v) is 4.80. The Morgan fingerprint density at radius 1 is 0.833 bits per heavy atom. The standard InChI is InChI=1S/C21H15Cl2N/c22-16-4-1-3-14(11-16)12-20-18-8-7-17(23)13-15(18)6-9-21-19(20)5-2-10-24-21/h1-5,7-8,10-13H,6,9H2/b20-12-. The van der Waals surface area contributed by atoms with Crippen LogP contribution in [0.15, 0.2) is 60.8 Å².